The average Bonchev–Trinajstić information content (AvgIpc) is 2.46. The normalized spacial score (nSPS) is 55.2. The van der Waals surface area contributed by atoms with Gasteiger partial charge in [0.15, 0.2) is 0 Å². The predicted molar refractivity (Wildman–Crippen MR) is 81.2 cm³/mol. The van der Waals surface area contributed by atoms with Gasteiger partial charge in [0.1, 0.15) is 0 Å². The molecule has 6 aliphatic carbocycles. The van der Waals surface area contributed by atoms with Crippen molar-refractivity contribution >= 4 is 19.7 Å². The molecule has 0 aliphatic heterocycles. The Balaban J connectivity index is 1.23. The minimum absolute atomic E-state index is 0.430. The average molecular weight is 325 g/mol. The van der Waals surface area contributed by atoms with Gasteiger partial charge in [-0.15, -0.1) is 0 Å². The first-order chi connectivity index (χ1) is 9.65. The SMILES string of the molecule is [CH3][Ge]([CH3])(/[CH]=C/c1ccccc1)[O]C12C3C4C5C3C1C5C42. The Hall–Kier alpha value is -0.537. The van der Waals surface area contributed by atoms with E-state index in [1.807, 2.05) is 0 Å². The molecule has 6 fully saturated rings. The molecule has 0 atom stereocenters. The fraction of sp³-hybridized carbons (Fsp3) is 0.556. The molecule has 2 heteroatoms. The van der Waals surface area contributed by atoms with Crippen LogP contribution in [-0.4, -0.2) is 19.2 Å². The van der Waals surface area contributed by atoms with Crippen molar-refractivity contribution in [2.45, 2.75) is 17.1 Å². The van der Waals surface area contributed by atoms with E-state index in [2.05, 4.69) is 52.8 Å². The van der Waals surface area contributed by atoms with Crippen LogP contribution in [0.2, 0.25) is 11.5 Å². The van der Waals surface area contributed by atoms with Gasteiger partial charge in [0.05, 0.1) is 0 Å². The van der Waals surface area contributed by atoms with Crippen molar-refractivity contribution in [2.24, 2.45) is 41.4 Å². The second-order valence-electron chi connectivity index (χ2n) is 8.19. The quantitative estimate of drug-likeness (QED) is 0.769. The van der Waals surface area contributed by atoms with E-state index >= 15 is 0 Å². The molecule has 0 radical (unpaired) electrons. The minimum atomic E-state index is -2.21. The maximum absolute atomic E-state index is 6.86. The van der Waals surface area contributed by atoms with Gasteiger partial charge < -0.3 is 0 Å². The van der Waals surface area contributed by atoms with Crippen molar-refractivity contribution in [1.29, 1.82) is 0 Å². The molecule has 0 spiro atoms. The van der Waals surface area contributed by atoms with Crippen LogP contribution in [0.1, 0.15) is 5.56 Å². The fourth-order valence-electron chi connectivity index (χ4n) is 6.88. The van der Waals surface area contributed by atoms with E-state index in [0.29, 0.717) is 5.60 Å². The van der Waals surface area contributed by atoms with Crippen LogP contribution >= 0.6 is 0 Å². The molecular formula is C18H20GeO. The predicted octanol–water partition coefficient (Wildman–Crippen LogP) is 3.58. The first kappa shape index (κ1) is 11.1. The Morgan fingerprint density at radius 2 is 1.55 bits per heavy atom. The molecule has 1 nitrogen and oxygen atoms in total. The molecule has 7 rings (SSSR count). The standard InChI is InChI=1S/C18H20GeO/c1-19(2,9-8-10-6-4-3-5-7-10)20-18-15-12-11-13(15)17(18)14(11)16(12)18/h3-9,11-17H,1-2H3/b9-8+. The van der Waals surface area contributed by atoms with Crippen LogP contribution in [0.25, 0.3) is 6.08 Å². The molecule has 6 aliphatic rings. The topological polar surface area (TPSA) is 9.23 Å². The van der Waals surface area contributed by atoms with E-state index in [1.165, 1.54) is 11.5 Å². The Bertz CT molecular complexity index is 596. The Kier molecular flexibility index (Phi) is 1.65. The van der Waals surface area contributed by atoms with Gasteiger partial charge in [-0.25, -0.2) is 0 Å². The van der Waals surface area contributed by atoms with Gasteiger partial charge in [-0.05, 0) is 0 Å². The third-order valence-electron chi connectivity index (χ3n) is 7.30. The van der Waals surface area contributed by atoms with Gasteiger partial charge in [0, 0.05) is 0 Å². The zero-order valence-electron chi connectivity index (χ0n) is 12.0. The van der Waals surface area contributed by atoms with Gasteiger partial charge in [-0.1, -0.05) is 0 Å². The van der Waals surface area contributed by atoms with E-state index in [4.69, 9.17) is 3.76 Å². The van der Waals surface area contributed by atoms with Crippen molar-refractivity contribution in [1.82, 2.24) is 0 Å². The monoisotopic (exact) mass is 326 g/mol. The molecule has 0 N–H and O–H groups in total. The summed E-state index contributed by atoms with van der Waals surface area (Å²) in [6.45, 7) is 0. The molecule has 1 aromatic rings. The number of hydrogen-bond donors (Lipinski definition) is 0. The van der Waals surface area contributed by atoms with Crippen LogP contribution in [0.15, 0.2) is 35.2 Å². The van der Waals surface area contributed by atoms with Crippen molar-refractivity contribution in [2.75, 3.05) is 0 Å². The van der Waals surface area contributed by atoms with Gasteiger partial charge >= 0.3 is 123 Å². The van der Waals surface area contributed by atoms with E-state index < -0.39 is 13.6 Å². The summed E-state index contributed by atoms with van der Waals surface area (Å²) >= 11 is -2.21. The zero-order valence-corrected chi connectivity index (χ0v) is 14.1. The molecule has 1 aromatic carbocycles. The van der Waals surface area contributed by atoms with E-state index in [-0.39, 0.29) is 0 Å². The van der Waals surface area contributed by atoms with Crippen molar-refractivity contribution < 1.29 is 3.76 Å². The summed E-state index contributed by atoms with van der Waals surface area (Å²) in [6, 6.07) is 10.7. The Morgan fingerprint density at radius 3 is 2.15 bits per heavy atom. The summed E-state index contributed by atoms with van der Waals surface area (Å²) in [5.74, 6) is 12.5. The van der Waals surface area contributed by atoms with Crippen LogP contribution in [0, 0.1) is 41.4 Å². The summed E-state index contributed by atoms with van der Waals surface area (Å²) in [7, 11) is 0. The summed E-state index contributed by atoms with van der Waals surface area (Å²) < 4.78 is 6.86. The number of hydrogen-bond acceptors (Lipinski definition) is 1. The zero-order chi connectivity index (χ0) is 13.3. The van der Waals surface area contributed by atoms with Crippen LogP contribution in [-0.2, 0) is 3.76 Å². The molecule has 0 bridgehead atoms. The van der Waals surface area contributed by atoms with E-state index in [0.717, 1.165) is 35.5 Å². The molecular weight excluding hydrogens is 305 g/mol. The molecule has 20 heavy (non-hydrogen) atoms. The van der Waals surface area contributed by atoms with E-state index in [1.54, 1.807) is 0 Å². The number of benzene rings is 1. The summed E-state index contributed by atoms with van der Waals surface area (Å²) in [6.07, 6.45) is 2.29. The Morgan fingerprint density at radius 1 is 0.950 bits per heavy atom. The summed E-state index contributed by atoms with van der Waals surface area (Å²) in [5.41, 5.74) is 1.74. The van der Waals surface area contributed by atoms with Gasteiger partial charge in [-0.2, -0.15) is 0 Å². The van der Waals surface area contributed by atoms with Crippen molar-refractivity contribution in [3.8, 4) is 0 Å². The van der Waals surface area contributed by atoms with Crippen molar-refractivity contribution in [3.05, 3.63) is 40.8 Å². The second-order valence-corrected chi connectivity index (χ2v) is 16.0. The Labute approximate surface area is 123 Å². The van der Waals surface area contributed by atoms with E-state index in [9.17, 15) is 0 Å². The summed E-state index contributed by atoms with van der Waals surface area (Å²) in [4.78, 5) is 2.44. The third-order valence-corrected chi connectivity index (χ3v) is 11.2. The molecule has 0 unspecified atom stereocenters. The number of rotatable bonds is 4. The second kappa shape index (κ2) is 2.98. The first-order valence-electron chi connectivity index (χ1n) is 8.10. The van der Waals surface area contributed by atoms with Crippen LogP contribution in [0.5, 0.6) is 0 Å². The maximum atomic E-state index is 6.86. The molecule has 0 amide bonds. The molecule has 102 valence electrons. The first-order valence-corrected chi connectivity index (χ1v) is 14.4. The van der Waals surface area contributed by atoms with Gasteiger partial charge in [-0.3, -0.25) is 0 Å². The molecule has 0 aromatic heterocycles. The summed E-state index contributed by atoms with van der Waals surface area (Å²) in [5, 5.41) is 0. The third kappa shape index (κ3) is 0.877. The van der Waals surface area contributed by atoms with Crippen LogP contribution in [0.3, 0.4) is 0 Å². The molecule has 6 saturated carbocycles. The van der Waals surface area contributed by atoms with Gasteiger partial charge in [0.2, 0.25) is 0 Å². The van der Waals surface area contributed by atoms with Crippen LogP contribution < -0.4 is 0 Å². The molecule has 0 saturated heterocycles. The van der Waals surface area contributed by atoms with Crippen molar-refractivity contribution in [3.63, 3.8) is 0 Å². The molecule has 0 heterocycles. The van der Waals surface area contributed by atoms with Gasteiger partial charge in [0.25, 0.3) is 0 Å². The fourth-order valence-corrected chi connectivity index (χ4v) is 11.0. The van der Waals surface area contributed by atoms with Crippen LogP contribution in [0.4, 0.5) is 0 Å².